The van der Waals surface area contributed by atoms with Gasteiger partial charge in [0.15, 0.2) is 0 Å². The third-order valence-electron chi connectivity index (χ3n) is 1.94. The second-order valence-electron chi connectivity index (χ2n) is 2.66. The molecule has 1 aromatic heterocycles. The van der Waals surface area contributed by atoms with Gasteiger partial charge in [-0.25, -0.2) is 0 Å². The first kappa shape index (κ1) is 6.40. The molecule has 2 rings (SSSR count). The number of aryl methyl sites for hydroxylation is 1. The summed E-state index contributed by atoms with van der Waals surface area (Å²) in [5.74, 6) is 0.374. The second kappa shape index (κ2) is 2.38. The van der Waals surface area contributed by atoms with Gasteiger partial charge < -0.3 is 5.11 Å². The number of aliphatic hydroxyl groups is 1. The summed E-state index contributed by atoms with van der Waals surface area (Å²) in [5, 5.41) is 9.38. The normalized spacial score (nSPS) is 15.5. The third kappa shape index (κ3) is 1.00. The molecule has 0 fully saturated rings. The van der Waals surface area contributed by atoms with Crippen molar-refractivity contribution in [1.29, 1.82) is 0 Å². The predicted octanol–water partition coefficient (Wildman–Crippen LogP) is 1.93. The SMILES string of the molecule is OC1=CCCc2ccncc21. The van der Waals surface area contributed by atoms with E-state index in [1.165, 1.54) is 5.56 Å². The number of fused-ring (bicyclic) bond motifs is 1. The van der Waals surface area contributed by atoms with E-state index in [1.807, 2.05) is 12.1 Å². The van der Waals surface area contributed by atoms with E-state index in [9.17, 15) is 5.11 Å². The van der Waals surface area contributed by atoms with Crippen LogP contribution in [0, 0.1) is 0 Å². The molecule has 11 heavy (non-hydrogen) atoms. The van der Waals surface area contributed by atoms with E-state index in [-0.39, 0.29) is 0 Å². The van der Waals surface area contributed by atoms with Crippen molar-refractivity contribution in [2.24, 2.45) is 0 Å². The molecule has 0 saturated heterocycles. The van der Waals surface area contributed by atoms with E-state index in [0.717, 1.165) is 18.4 Å². The quantitative estimate of drug-likeness (QED) is 0.608. The molecular weight excluding hydrogens is 138 g/mol. The van der Waals surface area contributed by atoms with Crippen LogP contribution in [0.15, 0.2) is 24.5 Å². The molecule has 0 unspecified atom stereocenters. The van der Waals surface area contributed by atoms with Crippen LogP contribution in [0.3, 0.4) is 0 Å². The van der Waals surface area contributed by atoms with Gasteiger partial charge in [0.05, 0.1) is 0 Å². The largest absolute Gasteiger partial charge is 0.508 e. The molecule has 1 heterocycles. The molecule has 0 radical (unpaired) electrons. The fourth-order valence-corrected chi connectivity index (χ4v) is 1.35. The fourth-order valence-electron chi connectivity index (χ4n) is 1.35. The van der Waals surface area contributed by atoms with Gasteiger partial charge in [-0.2, -0.15) is 0 Å². The van der Waals surface area contributed by atoms with E-state index in [4.69, 9.17) is 0 Å². The van der Waals surface area contributed by atoms with Crippen LogP contribution in [-0.4, -0.2) is 10.1 Å². The Kier molecular flexibility index (Phi) is 1.39. The molecule has 0 bridgehead atoms. The van der Waals surface area contributed by atoms with Crippen LogP contribution >= 0.6 is 0 Å². The van der Waals surface area contributed by atoms with Crippen molar-refractivity contribution in [3.05, 3.63) is 35.7 Å². The lowest BCUT2D eigenvalue weighted by molar-refractivity contribution is 0.504. The lowest BCUT2D eigenvalue weighted by Gasteiger charge is -2.11. The summed E-state index contributed by atoms with van der Waals surface area (Å²) in [6.45, 7) is 0. The Hall–Kier alpha value is -1.31. The summed E-state index contributed by atoms with van der Waals surface area (Å²) < 4.78 is 0. The Morgan fingerprint density at radius 3 is 3.18 bits per heavy atom. The number of pyridine rings is 1. The van der Waals surface area contributed by atoms with Crippen molar-refractivity contribution < 1.29 is 5.11 Å². The molecule has 0 spiro atoms. The second-order valence-corrected chi connectivity index (χ2v) is 2.66. The Bertz CT molecular complexity index is 304. The molecule has 1 aromatic rings. The van der Waals surface area contributed by atoms with Crippen LogP contribution in [0.2, 0.25) is 0 Å². The molecule has 56 valence electrons. The molecule has 0 aromatic carbocycles. The number of nitrogens with zero attached hydrogens (tertiary/aromatic N) is 1. The highest BCUT2D eigenvalue weighted by Crippen LogP contribution is 2.22. The van der Waals surface area contributed by atoms with E-state index >= 15 is 0 Å². The Morgan fingerprint density at radius 2 is 2.36 bits per heavy atom. The topological polar surface area (TPSA) is 33.1 Å². The van der Waals surface area contributed by atoms with Crippen LogP contribution in [0.5, 0.6) is 0 Å². The van der Waals surface area contributed by atoms with Crippen LogP contribution in [0.4, 0.5) is 0 Å². The van der Waals surface area contributed by atoms with Crippen molar-refractivity contribution in [3.63, 3.8) is 0 Å². The minimum Gasteiger partial charge on any atom is -0.508 e. The number of hydrogen-bond acceptors (Lipinski definition) is 2. The molecule has 2 nitrogen and oxygen atoms in total. The molecule has 1 aliphatic rings. The van der Waals surface area contributed by atoms with Crippen molar-refractivity contribution >= 4 is 5.76 Å². The smallest absolute Gasteiger partial charge is 0.120 e. The molecule has 2 heteroatoms. The Labute approximate surface area is 65.2 Å². The average molecular weight is 147 g/mol. The number of allylic oxidation sites excluding steroid dienone is 1. The lowest BCUT2D eigenvalue weighted by atomic mass is 9.98. The first-order chi connectivity index (χ1) is 5.38. The van der Waals surface area contributed by atoms with Gasteiger partial charge in [-0.15, -0.1) is 0 Å². The zero-order valence-electron chi connectivity index (χ0n) is 6.12. The summed E-state index contributed by atoms with van der Waals surface area (Å²) in [6.07, 6.45) is 7.26. The number of aromatic nitrogens is 1. The predicted molar refractivity (Wildman–Crippen MR) is 43.2 cm³/mol. The van der Waals surface area contributed by atoms with E-state index in [1.54, 1.807) is 12.4 Å². The standard InChI is InChI=1S/C9H9NO/c11-9-3-1-2-7-4-5-10-6-8(7)9/h3-6,11H,1-2H2. The molecule has 1 N–H and O–H groups in total. The molecule has 0 amide bonds. The molecule has 1 aliphatic carbocycles. The number of rotatable bonds is 0. The van der Waals surface area contributed by atoms with Gasteiger partial charge >= 0.3 is 0 Å². The summed E-state index contributed by atoms with van der Waals surface area (Å²) in [4.78, 5) is 3.95. The highest BCUT2D eigenvalue weighted by atomic mass is 16.3. The molecule has 0 saturated carbocycles. The van der Waals surface area contributed by atoms with Crippen LogP contribution in [-0.2, 0) is 6.42 Å². The summed E-state index contributed by atoms with van der Waals surface area (Å²) in [6, 6.07) is 1.96. The van der Waals surface area contributed by atoms with E-state index in [2.05, 4.69) is 4.98 Å². The summed E-state index contributed by atoms with van der Waals surface area (Å²) in [5.41, 5.74) is 2.08. The first-order valence-electron chi connectivity index (χ1n) is 3.70. The van der Waals surface area contributed by atoms with Crippen molar-refractivity contribution in [1.82, 2.24) is 4.98 Å². The maximum Gasteiger partial charge on any atom is 0.120 e. The van der Waals surface area contributed by atoms with Gasteiger partial charge in [0.25, 0.3) is 0 Å². The van der Waals surface area contributed by atoms with Gasteiger partial charge in [0.1, 0.15) is 5.76 Å². The van der Waals surface area contributed by atoms with Crippen molar-refractivity contribution in [3.8, 4) is 0 Å². The van der Waals surface area contributed by atoms with Crippen molar-refractivity contribution in [2.45, 2.75) is 12.8 Å². The van der Waals surface area contributed by atoms with Gasteiger partial charge in [0.2, 0.25) is 0 Å². The first-order valence-corrected chi connectivity index (χ1v) is 3.70. The van der Waals surface area contributed by atoms with Gasteiger partial charge in [-0.05, 0) is 30.5 Å². The third-order valence-corrected chi connectivity index (χ3v) is 1.94. The van der Waals surface area contributed by atoms with E-state index in [0.29, 0.717) is 5.76 Å². The van der Waals surface area contributed by atoms with Gasteiger partial charge in [-0.1, -0.05) is 0 Å². The maximum atomic E-state index is 9.38. The zero-order valence-corrected chi connectivity index (χ0v) is 6.12. The fraction of sp³-hybridized carbons (Fsp3) is 0.222. The minimum absolute atomic E-state index is 0.374. The summed E-state index contributed by atoms with van der Waals surface area (Å²) in [7, 11) is 0. The monoisotopic (exact) mass is 147 g/mol. The van der Waals surface area contributed by atoms with Crippen molar-refractivity contribution in [2.75, 3.05) is 0 Å². The average Bonchev–Trinajstić information content (AvgIpc) is 2.06. The molecule has 0 atom stereocenters. The van der Waals surface area contributed by atoms with Crippen LogP contribution in [0.1, 0.15) is 17.5 Å². The number of aliphatic hydroxyl groups excluding tert-OH is 1. The highest BCUT2D eigenvalue weighted by molar-refractivity contribution is 5.62. The van der Waals surface area contributed by atoms with Gasteiger partial charge in [0, 0.05) is 18.0 Å². The zero-order chi connectivity index (χ0) is 7.68. The van der Waals surface area contributed by atoms with Crippen LogP contribution < -0.4 is 0 Å². The maximum absolute atomic E-state index is 9.38. The summed E-state index contributed by atoms with van der Waals surface area (Å²) >= 11 is 0. The number of hydrogen-bond donors (Lipinski definition) is 1. The molecular formula is C9H9NO. The highest BCUT2D eigenvalue weighted by Gasteiger charge is 2.09. The van der Waals surface area contributed by atoms with E-state index < -0.39 is 0 Å². The molecule has 0 aliphatic heterocycles. The van der Waals surface area contributed by atoms with Crippen LogP contribution in [0.25, 0.3) is 5.76 Å². The van der Waals surface area contributed by atoms with Gasteiger partial charge in [-0.3, -0.25) is 4.98 Å². The lowest BCUT2D eigenvalue weighted by Crippen LogP contribution is -1.99. The Morgan fingerprint density at radius 1 is 1.45 bits per heavy atom. The Balaban J connectivity index is 2.56. The minimum atomic E-state index is 0.374.